The standard InChI is InChI=1S/C40H34N2/c1-3-31-15-23-37(24-16-31)41(35-11-7-5-8-12-35)39-27-19-33(20-28-39)34-21-29-40(30-22-34)42(36-13-9-6-10-14-36)38-25-17-32(4-2)18-26-38/h3,5-30H,1,4H2,2H3. The van der Waals surface area contributed by atoms with E-state index in [1.807, 2.05) is 6.08 Å². The molecule has 0 bridgehead atoms. The van der Waals surface area contributed by atoms with Gasteiger partial charge in [-0.3, -0.25) is 0 Å². The van der Waals surface area contributed by atoms with Gasteiger partial charge in [-0.2, -0.15) is 0 Å². The topological polar surface area (TPSA) is 6.48 Å². The minimum Gasteiger partial charge on any atom is -0.311 e. The Bertz CT molecular complexity index is 1720. The molecule has 0 atom stereocenters. The number of anilines is 6. The molecule has 0 aliphatic heterocycles. The smallest absolute Gasteiger partial charge is 0.0462 e. The van der Waals surface area contributed by atoms with E-state index < -0.39 is 0 Å². The molecule has 0 N–H and O–H groups in total. The summed E-state index contributed by atoms with van der Waals surface area (Å²) in [5, 5.41) is 0. The van der Waals surface area contributed by atoms with Crippen LogP contribution in [0.1, 0.15) is 18.1 Å². The number of hydrogen-bond donors (Lipinski definition) is 0. The van der Waals surface area contributed by atoms with Crippen LogP contribution in [0.4, 0.5) is 34.1 Å². The Morgan fingerprint density at radius 1 is 0.429 bits per heavy atom. The third kappa shape index (κ3) is 5.75. The molecule has 2 nitrogen and oxygen atoms in total. The molecule has 0 aliphatic rings. The van der Waals surface area contributed by atoms with Crippen molar-refractivity contribution in [2.75, 3.05) is 9.80 Å². The van der Waals surface area contributed by atoms with E-state index in [1.165, 1.54) is 16.7 Å². The first kappa shape index (κ1) is 26.9. The van der Waals surface area contributed by atoms with Gasteiger partial charge in [0.25, 0.3) is 0 Å². The Hall–Kier alpha value is -5.34. The minimum atomic E-state index is 1.03. The summed E-state index contributed by atoms with van der Waals surface area (Å²) >= 11 is 0. The van der Waals surface area contributed by atoms with Gasteiger partial charge in [0.2, 0.25) is 0 Å². The summed E-state index contributed by atoms with van der Waals surface area (Å²) < 4.78 is 0. The van der Waals surface area contributed by atoms with E-state index in [9.17, 15) is 0 Å². The van der Waals surface area contributed by atoms with Gasteiger partial charge in [0.1, 0.15) is 0 Å². The van der Waals surface area contributed by atoms with Gasteiger partial charge in [-0.15, -0.1) is 0 Å². The van der Waals surface area contributed by atoms with E-state index >= 15 is 0 Å². The number of para-hydroxylation sites is 2. The monoisotopic (exact) mass is 542 g/mol. The van der Waals surface area contributed by atoms with Crippen LogP contribution >= 0.6 is 0 Å². The van der Waals surface area contributed by atoms with Crippen molar-refractivity contribution in [3.63, 3.8) is 0 Å². The third-order valence-electron chi connectivity index (χ3n) is 7.60. The molecule has 0 saturated carbocycles. The Labute approximate surface area is 249 Å². The van der Waals surface area contributed by atoms with Crippen LogP contribution in [0.2, 0.25) is 0 Å². The van der Waals surface area contributed by atoms with E-state index in [1.54, 1.807) is 0 Å². The van der Waals surface area contributed by atoms with E-state index in [4.69, 9.17) is 0 Å². The van der Waals surface area contributed by atoms with Crippen LogP contribution in [-0.4, -0.2) is 0 Å². The molecule has 0 unspecified atom stereocenters. The van der Waals surface area contributed by atoms with Crippen LogP contribution in [0.5, 0.6) is 0 Å². The third-order valence-corrected chi connectivity index (χ3v) is 7.60. The van der Waals surface area contributed by atoms with Crippen molar-refractivity contribution in [3.05, 3.63) is 175 Å². The molecular weight excluding hydrogens is 508 g/mol. The molecule has 2 heteroatoms. The Morgan fingerprint density at radius 3 is 1.12 bits per heavy atom. The molecule has 0 spiro atoms. The zero-order valence-electron chi connectivity index (χ0n) is 23.9. The van der Waals surface area contributed by atoms with Gasteiger partial charge < -0.3 is 9.80 Å². The summed E-state index contributed by atoms with van der Waals surface area (Å²) in [4.78, 5) is 4.59. The largest absolute Gasteiger partial charge is 0.311 e. The van der Waals surface area contributed by atoms with Crippen molar-refractivity contribution in [2.45, 2.75) is 13.3 Å². The van der Waals surface area contributed by atoms with Gasteiger partial charge in [-0.05, 0) is 101 Å². The maximum Gasteiger partial charge on any atom is 0.0462 e. The lowest BCUT2D eigenvalue weighted by Crippen LogP contribution is -2.10. The van der Waals surface area contributed by atoms with Gasteiger partial charge >= 0.3 is 0 Å². The lowest BCUT2D eigenvalue weighted by molar-refractivity contribution is 1.14. The van der Waals surface area contributed by atoms with Crippen LogP contribution in [0.3, 0.4) is 0 Å². The van der Waals surface area contributed by atoms with Crippen molar-refractivity contribution in [1.29, 1.82) is 0 Å². The molecule has 6 rings (SSSR count). The summed E-state index contributed by atoms with van der Waals surface area (Å²) in [6.45, 7) is 6.09. The van der Waals surface area contributed by atoms with Crippen LogP contribution in [-0.2, 0) is 6.42 Å². The normalized spacial score (nSPS) is 10.7. The fourth-order valence-electron chi connectivity index (χ4n) is 5.29. The average molecular weight is 543 g/mol. The maximum atomic E-state index is 3.90. The van der Waals surface area contributed by atoms with E-state index in [-0.39, 0.29) is 0 Å². The lowest BCUT2D eigenvalue weighted by Gasteiger charge is -2.26. The van der Waals surface area contributed by atoms with Crippen molar-refractivity contribution >= 4 is 40.2 Å². The summed E-state index contributed by atoms with van der Waals surface area (Å²) in [5.74, 6) is 0. The number of hydrogen-bond acceptors (Lipinski definition) is 2. The molecule has 42 heavy (non-hydrogen) atoms. The zero-order valence-corrected chi connectivity index (χ0v) is 23.9. The highest BCUT2D eigenvalue weighted by Crippen LogP contribution is 2.38. The molecular formula is C40H34N2. The second-order valence-electron chi connectivity index (χ2n) is 10.3. The molecule has 0 amide bonds. The lowest BCUT2D eigenvalue weighted by atomic mass is 10.0. The maximum absolute atomic E-state index is 3.90. The van der Waals surface area contributed by atoms with Gasteiger partial charge in [-0.1, -0.05) is 105 Å². The van der Waals surface area contributed by atoms with Gasteiger partial charge in [-0.25, -0.2) is 0 Å². The van der Waals surface area contributed by atoms with Gasteiger partial charge in [0.15, 0.2) is 0 Å². The van der Waals surface area contributed by atoms with Crippen molar-refractivity contribution in [1.82, 2.24) is 0 Å². The molecule has 0 aliphatic carbocycles. The number of benzene rings is 6. The first-order chi connectivity index (χ1) is 20.7. The summed E-state index contributed by atoms with van der Waals surface area (Å²) in [5.41, 5.74) is 11.6. The quantitative estimate of drug-likeness (QED) is 0.179. The fourth-order valence-corrected chi connectivity index (χ4v) is 5.29. The SMILES string of the molecule is C=Cc1ccc(N(c2ccccc2)c2ccc(-c3ccc(N(c4ccccc4)c4ccc(CC)cc4)cc3)cc2)cc1. The molecule has 6 aromatic rings. The highest BCUT2D eigenvalue weighted by atomic mass is 15.1. The first-order valence-corrected chi connectivity index (χ1v) is 14.5. The van der Waals surface area contributed by atoms with Crippen LogP contribution in [0.15, 0.2) is 164 Å². The van der Waals surface area contributed by atoms with Crippen LogP contribution in [0, 0.1) is 0 Å². The molecule has 0 heterocycles. The van der Waals surface area contributed by atoms with E-state index in [0.717, 1.165) is 46.1 Å². The van der Waals surface area contributed by atoms with E-state index in [0.29, 0.717) is 0 Å². The number of rotatable bonds is 9. The second kappa shape index (κ2) is 12.4. The Morgan fingerprint density at radius 2 is 0.762 bits per heavy atom. The minimum absolute atomic E-state index is 1.03. The molecule has 0 radical (unpaired) electrons. The summed E-state index contributed by atoms with van der Waals surface area (Å²) in [6.07, 6.45) is 2.90. The number of nitrogens with zero attached hydrogens (tertiary/aromatic N) is 2. The van der Waals surface area contributed by atoms with Crippen molar-refractivity contribution < 1.29 is 0 Å². The highest BCUT2D eigenvalue weighted by molar-refractivity contribution is 5.81. The molecule has 0 aromatic heterocycles. The fraction of sp³-hybridized carbons (Fsp3) is 0.0500. The summed E-state index contributed by atoms with van der Waals surface area (Å²) in [7, 11) is 0. The zero-order chi connectivity index (χ0) is 28.7. The molecule has 204 valence electrons. The number of aryl methyl sites for hydroxylation is 1. The van der Waals surface area contributed by atoms with Crippen LogP contribution < -0.4 is 9.80 Å². The summed E-state index contributed by atoms with van der Waals surface area (Å²) in [6, 6.07) is 56.0. The predicted molar refractivity (Wildman–Crippen MR) is 181 cm³/mol. The van der Waals surface area contributed by atoms with Gasteiger partial charge in [0, 0.05) is 34.1 Å². The first-order valence-electron chi connectivity index (χ1n) is 14.5. The molecule has 0 saturated heterocycles. The van der Waals surface area contributed by atoms with Crippen molar-refractivity contribution in [2.24, 2.45) is 0 Å². The highest BCUT2D eigenvalue weighted by Gasteiger charge is 2.14. The average Bonchev–Trinajstić information content (AvgIpc) is 3.07. The second-order valence-corrected chi connectivity index (χ2v) is 10.3. The van der Waals surface area contributed by atoms with Crippen LogP contribution in [0.25, 0.3) is 17.2 Å². The van der Waals surface area contributed by atoms with Crippen molar-refractivity contribution in [3.8, 4) is 11.1 Å². The van der Waals surface area contributed by atoms with Gasteiger partial charge in [0.05, 0.1) is 0 Å². The Balaban J connectivity index is 1.30. The Kier molecular flexibility index (Phi) is 7.96. The molecule has 0 fully saturated rings. The molecule has 6 aromatic carbocycles. The van der Waals surface area contributed by atoms with E-state index in [2.05, 4.69) is 181 Å². The predicted octanol–water partition coefficient (Wildman–Crippen LogP) is 11.5.